The summed E-state index contributed by atoms with van der Waals surface area (Å²) in [5.74, 6) is -0.226. The summed E-state index contributed by atoms with van der Waals surface area (Å²) in [5.41, 5.74) is 3.77. The summed E-state index contributed by atoms with van der Waals surface area (Å²) in [6, 6.07) is 19.6. The van der Waals surface area contributed by atoms with Crippen molar-refractivity contribution in [3.63, 3.8) is 0 Å². The molecule has 0 fully saturated rings. The second-order valence-electron chi connectivity index (χ2n) is 5.10. The number of aryl methyl sites for hydroxylation is 1. The van der Waals surface area contributed by atoms with E-state index in [1.165, 1.54) is 12.1 Å². The van der Waals surface area contributed by atoms with Crippen molar-refractivity contribution in [1.82, 2.24) is 4.57 Å². The van der Waals surface area contributed by atoms with Crippen LogP contribution in [0.15, 0.2) is 66.7 Å². The Morgan fingerprint density at radius 2 is 1.48 bits per heavy atom. The number of alkyl halides is 3. The van der Waals surface area contributed by atoms with Crippen molar-refractivity contribution in [1.29, 1.82) is 0 Å². The van der Waals surface area contributed by atoms with E-state index in [-0.39, 0.29) is 5.75 Å². The van der Waals surface area contributed by atoms with Crippen molar-refractivity contribution in [2.45, 2.75) is 13.3 Å². The third-order valence-corrected chi connectivity index (χ3v) is 3.47. The van der Waals surface area contributed by atoms with Crippen LogP contribution >= 0.6 is 0 Å². The van der Waals surface area contributed by atoms with Gasteiger partial charge in [0.1, 0.15) is 5.75 Å². The molecule has 3 aromatic rings. The minimum Gasteiger partial charge on any atom is -0.406 e. The Kier molecular flexibility index (Phi) is 3.86. The number of halogens is 3. The molecule has 2 aromatic carbocycles. The summed E-state index contributed by atoms with van der Waals surface area (Å²) < 4.78 is 42.6. The molecule has 0 spiro atoms. The predicted molar refractivity (Wildman–Crippen MR) is 82.6 cm³/mol. The van der Waals surface area contributed by atoms with Gasteiger partial charge in [0.2, 0.25) is 0 Å². The maximum absolute atomic E-state index is 12.2. The van der Waals surface area contributed by atoms with Crippen LogP contribution in [-0.2, 0) is 0 Å². The second-order valence-corrected chi connectivity index (χ2v) is 5.10. The zero-order valence-corrected chi connectivity index (χ0v) is 12.3. The van der Waals surface area contributed by atoms with Crippen LogP contribution in [0.4, 0.5) is 13.2 Å². The molecular formula is C18H14F3NO. The molecule has 3 rings (SSSR count). The third kappa shape index (κ3) is 3.39. The number of para-hydroxylation sites is 1. The van der Waals surface area contributed by atoms with Crippen LogP contribution in [0.25, 0.3) is 16.9 Å². The Bertz CT molecular complexity index is 789. The lowest BCUT2D eigenvalue weighted by atomic mass is 10.1. The first kappa shape index (κ1) is 15.2. The highest BCUT2D eigenvalue weighted by atomic mass is 19.4. The molecule has 118 valence electrons. The number of nitrogens with zero attached hydrogens (tertiary/aromatic N) is 1. The Labute approximate surface area is 131 Å². The van der Waals surface area contributed by atoms with Gasteiger partial charge in [-0.1, -0.05) is 18.2 Å². The fourth-order valence-corrected chi connectivity index (χ4v) is 2.51. The highest BCUT2D eigenvalue weighted by Crippen LogP contribution is 2.29. The standard InChI is InChI=1S/C18H14F3NO/c1-13-7-12-17(22(13)15-5-3-2-4-6-15)14-8-10-16(11-9-14)23-18(19,20)21/h2-12H,1H3. The molecule has 0 unspecified atom stereocenters. The highest BCUT2D eigenvalue weighted by Gasteiger charge is 2.31. The minimum atomic E-state index is -4.68. The van der Waals surface area contributed by atoms with Crippen LogP contribution in [-0.4, -0.2) is 10.9 Å². The summed E-state index contributed by atoms with van der Waals surface area (Å²) in [7, 11) is 0. The number of ether oxygens (including phenoxy) is 1. The molecule has 0 amide bonds. The molecule has 5 heteroatoms. The molecule has 0 saturated carbocycles. The molecule has 0 radical (unpaired) electrons. The van der Waals surface area contributed by atoms with Gasteiger partial charge in [0.25, 0.3) is 0 Å². The van der Waals surface area contributed by atoms with E-state index in [0.717, 1.165) is 22.6 Å². The lowest BCUT2D eigenvalue weighted by molar-refractivity contribution is -0.274. The normalized spacial score (nSPS) is 11.5. The number of rotatable bonds is 3. The number of aromatic nitrogens is 1. The van der Waals surface area contributed by atoms with Crippen LogP contribution in [0.2, 0.25) is 0 Å². The minimum absolute atomic E-state index is 0.226. The van der Waals surface area contributed by atoms with Crippen LogP contribution in [0.5, 0.6) is 5.75 Å². The Balaban J connectivity index is 1.97. The zero-order valence-electron chi connectivity index (χ0n) is 12.3. The van der Waals surface area contributed by atoms with Gasteiger partial charge < -0.3 is 9.30 Å². The molecule has 23 heavy (non-hydrogen) atoms. The maximum atomic E-state index is 12.2. The lowest BCUT2D eigenvalue weighted by Crippen LogP contribution is -2.16. The van der Waals surface area contributed by atoms with E-state index >= 15 is 0 Å². The van der Waals surface area contributed by atoms with Gasteiger partial charge in [-0.2, -0.15) is 0 Å². The number of benzene rings is 2. The van der Waals surface area contributed by atoms with E-state index in [1.807, 2.05) is 49.4 Å². The average molecular weight is 317 g/mol. The van der Waals surface area contributed by atoms with E-state index in [4.69, 9.17) is 0 Å². The van der Waals surface area contributed by atoms with Gasteiger partial charge in [-0.05, 0) is 61.0 Å². The Hall–Kier alpha value is -2.69. The SMILES string of the molecule is Cc1ccc(-c2ccc(OC(F)(F)F)cc2)n1-c1ccccc1. The molecule has 0 aliphatic heterocycles. The predicted octanol–water partition coefficient (Wildman–Crippen LogP) is 5.35. The van der Waals surface area contributed by atoms with E-state index in [2.05, 4.69) is 9.30 Å². The highest BCUT2D eigenvalue weighted by molar-refractivity contribution is 5.65. The van der Waals surface area contributed by atoms with Crippen LogP contribution < -0.4 is 4.74 Å². The molecule has 0 aliphatic rings. The van der Waals surface area contributed by atoms with Crippen molar-refractivity contribution in [2.24, 2.45) is 0 Å². The monoisotopic (exact) mass is 317 g/mol. The van der Waals surface area contributed by atoms with Crippen LogP contribution in [0, 0.1) is 6.92 Å². The second kappa shape index (κ2) is 5.83. The fraction of sp³-hybridized carbons (Fsp3) is 0.111. The van der Waals surface area contributed by atoms with Crippen molar-refractivity contribution in [2.75, 3.05) is 0 Å². The molecule has 1 heterocycles. The summed E-state index contributed by atoms with van der Waals surface area (Å²) in [4.78, 5) is 0. The average Bonchev–Trinajstić information content (AvgIpc) is 2.89. The first-order chi connectivity index (χ1) is 10.9. The van der Waals surface area contributed by atoms with Crippen molar-refractivity contribution >= 4 is 0 Å². The largest absolute Gasteiger partial charge is 0.573 e. The third-order valence-electron chi connectivity index (χ3n) is 3.47. The number of hydrogen-bond donors (Lipinski definition) is 0. The van der Waals surface area contributed by atoms with Gasteiger partial charge in [0.05, 0.1) is 5.69 Å². The van der Waals surface area contributed by atoms with Crippen LogP contribution in [0.1, 0.15) is 5.69 Å². The molecular weight excluding hydrogens is 303 g/mol. The topological polar surface area (TPSA) is 14.2 Å². The van der Waals surface area contributed by atoms with Gasteiger partial charge >= 0.3 is 6.36 Å². The molecule has 2 nitrogen and oxygen atoms in total. The zero-order chi connectivity index (χ0) is 16.4. The van der Waals surface area contributed by atoms with Gasteiger partial charge in [0.15, 0.2) is 0 Å². The summed E-state index contributed by atoms with van der Waals surface area (Å²) in [6.07, 6.45) is -4.68. The van der Waals surface area contributed by atoms with E-state index < -0.39 is 6.36 Å². The van der Waals surface area contributed by atoms with E-state index in [9.17, 15) is 13.2 Å². The Morgan fingerprint density at radius 3 is 2.09 bits per heavy atom. The van der Waals surface area contributed by atoms with Crippen LogP contribution in [0.3, 0.4) is 0 Å². The lowest BCUT2D eigenvalue weighted by Gasteiger charge is -2.13. The van der Waals surface area contributed by atoms with E-state index in [1.54, 1.807) is 12.1 Å². The quantitative estimate of drug-likeness (QED) is 0.635. The van der Waals surface area contributed by atoms with Crippen molar-refractivity contribution in [3.05, 3.63) is 72.4 Å². The first-order valence-corrected chi connectivity index (χ1v) is 7.04. The van der Waals surface area contributed by atoms with Crippen molar-refractivity contribution in [3.8, 4) is 22.7 Å². The molecule has 0 aliphatic carbocycles. The first-order valence-electron chi connectivity index (χ1n) is 7.04. The molecule has 0 atom stereocenters. The van der Waals surface area contributed by atoms with Gasteiger partial charge in [-0.3, -0.25) is 0 Å². The molecule has 0 saturated heterocycles. The van der Waals surface area contributed by atoms with E-state index in [0.29, 0.717) is 0 Å². The van der Waals surface area contributed by atoms with Crippen molar-refractivity contribution < 1.29 is 17.9 Å². The summed E-state index contributed by atoms with van der Waals surface area (Å²) in [5, 5.41) is 0. The molecule has 0 bridgehead atoms. The molecule has 0 N–H and O–H groups in total. The smallest absolute Gasteiger partial charge is 0.406 e. The number of hydrogen-bond acceptors (Lipinski definition) is 1. The summed E-state index contributed by atoms with van der Waals surface area (Å²) >= 11 is 0. The fourth-order valence-electron chi connectivity index (χ4n) is 2.51. The van der Waals surface area contributed by atoms with Gasteiger partial charge in [-0.25, -0.2) is 0 Å². The molecule has 1 aromatic heterocycles. The maximum Gasteiger partial charge on any atom is 0.573 e. The van der Waals surface area contributed by atoms with Gasteiger partial charge in [0, 0.05) is 11.4 Å². The van der Waals surface area contributed by atoms with Gasteiger partial charge in [-0.15, -0.1) is 13.2 Å². The Morgan fingerprint density at radius 1 is 0.826 bits per heavy atom. The summed E-state index contributed by atoms with van der Waals surface area (Å²) in [6.45, 7) is 1.98.